The van der Waals surface area contributed by atoms with Crippen molar-refractivity contribution in [1.29, 1.82) is 0 Å². The van der Waals surface area contributed by atoms with Crippen molar-refractivity contribution < 1.29 is 9.90 Å². The number of hydrogen-bond acceptors (Lipinski definition) is 3. The summed E-state index contributed by atoms with van der Waals surface area (Å²) in [6, 6.07) is 9.66. The molecule has 2 rings (SSSR count). The molecule has 1 N–H and O–H groups in total. The number of carboxylic acids is 1. The molecule has 0 spiro atoms. The minimum Gasteiger partial charge on any atom is -0.478 e. The van der Waals surface area contributed by atoms with Crippen molar-refractivity contribution in [2.24, 2.45) is 0 Å². The van der Waals surface area contributed by atoms with E-state index in [-0.39, 0.29) is 5.56 Å². The minimum absolute atomic E-state index is 0.240. The molecule has 0 fully saturated rings. The van der Waals surface area contributed by atoms with Crippen LogP contribution in [0.3, 0.4) is 0 Å². The standard InChI is InChI=1S/C16H18N2O2/c1-10-5-7-12(8-6-10)13-9-11(2)17-15(18(3)4)14(13)16(19)20/h5-9H,1-4H3,(H,19,20). The molecule has 0 aliphatic heterocycles. The third-order valence-corrected chi connectivity index (χ3v) is 3.13. The molecule has 0 saturated carbocycles. The number of pyridine rings is 1. The second-order valence-electron chi connectivity index (χ2n) is 5.08. The van der Waals surface area contributed by atoms with Gasteiger partial charge in [0.05, 0.1) is 0 Å². The lowest BCUT2D eigenvalue weighted by atomic mass is 9.98. The van der Waals surface area contributed by atoms with Crippen molar-refractivity contribution in [2.45, 2.75) is 13.8 Å². The van der Waals surface area contributed by atoms with E-state index in [0.717, 1.165) is 16.8 Å². The van der Waals surface area contributed by atoms with E-state index in [1.54, 1.807) is 19.0 Å². The van der Waals surface area contributed by atoms with Crippen molar-refractivity contribution in [3.05, 3.63) is 47.2 Å². The van der Waals surface area contributed by atoms with Crippen LogP contribution in [-0.2, 0) is 0 Å². The van der Waals surface area contributed by atoms with Gasteiger partial charge in [0.15, 0.2) is 0 Å². The highest BCUT2D eigenvalue weighted by molar-refractivity contribution is 6.01. The maximum Gasteiger partial charge on any atom is 0.340 e. The Morgan fingerprint density at radius 1 is 1.15 bits per heavy atom. The van der Waals surface area contributed by atoms with Gasteiger partial charge in [0, 0.05) is 25.4 Å². The van der Waals surface area contributed by atoms with Gasteiger partial charge in [-0.15, -0.1) is 0 Å². The molecule has 0 aliphatic carbocycles. The van der Waals surface area contributed by atoms with E-state index < -0.39 is 5.97 Å². The van der Waals surface area contributed by atoms with Crippen LogP contribution in [-0.4, -0.2) is 30.2 Å². The van der Waals surface area contributed by atoms with Gasteiger partial charge in [-0.05, 0) is 25.5 Å². The number of anilines is 1. The van der Waals surface area contributed by atoms with Crippen molar-refractivity contribution in [2.75, 3.05) is 19.0 Å². The van der Waals surface area contributed by atoms with Crippen molar-refractivity contribution in [3.8, 4) is 11.1 Å². The Morgan fingerprint density at radius 2 is 1.75 bits per heavy atom. The van der Waals surface area contributed by atoms with Gasteiger partial charge in [-0.2, -0.15) is 0 Å². The first-order chi connectivity index (χ1) is 9.40. The maximum atomic E-state index is 11.6. The molecule has 0 bridgehead atoms. The van der Waals surface area contributed by atoms with E-state index in [2.05, 4.69) is 4.98 Å². The number of carboxylic acid groups (broad SMARTS) is 1. The van der Waals surface area contributed by atoms with Crippen LogP contribution in [0.2, 0.25) is 0 Å². The molecule has 0 atom stereocenters. The normalized spacial score (nSPS) is 10.4. The van der Waals surface area contributed by atoms with Crippen molar-refractivity contribution >= 4 is 11.8 Å². The van der Waals surface area contributed by atoms with Crippen LogP contribution < -0.4 is 4.90 Å². The van der Waals surface area contributed by atoms with Gasteiger partial charge < -0.3 is 10.0 Å². The summed E-state index contributed by atoms with van der Waals surface area (Å²) >= 11 is 0. The van der Waals surface area contributed by atoms with Crippen LogP contribution in [0.1, 0.15) is 21.6 Å². The van der Waals surface area contributed by atoms with E-state index in [9.17, 15) is 9.90 Å². The highest BCUT2D eigenvalue weighted by Crippen LogP contribution is 2.30. The van der Waals surface area contributed by atoms with Gasteiger partial charge in [0.1, 0.15) is 11.4 Å². The van der Waals surface area contributed by atoms with Crippen LogP contribution in [0.4, 0.5) is 5.82 Å². The van der Waals surface area contributed by atoms with Crippen LogP contribution in [0.5, 0.6) is 0 Å². The maximum absolute atomic E-state index is 11.6. The largest absolute Gasteiger partial charge is 0.478 e. The zero-order chi connectivity index (χ0) is 14.9. The first-order valence-corrected chi connectivity index (χ1v) is 6.39. The van der Waals surface area contributed by atoms with E-state index in [1.807, 2.05) is 44.2 Å². The fourth-order valence-electron chi connectivity index (χ4n) is 2.15. The summed E-state index contributed by atoms with van der Waals surface area (Å²) in [5.74, 6) is -0.482. The van der Waals surface area contributed by atoms with Gasteiger partial charge in [0.25, 0.3) is 0 Å². The summed E-state index contributed by atoms with van der Waals surface area (Å²) in [4.78, 5) is 17.7. The minimum atomic E-state index is -0.961. The fourth-order valence-corrected chi connectivity index (χ4v) is 2.15. The van der Waals surface area contributed by atoms with E-state index in [1.165, 1.54) is 0 Å². The van der Waals surface area contributed by atoms with Crippen molar-refractivity contribution in [1.82, 2.24) is 4.98 Å². The smallest absolute Gasteiger partial charge is 0.340 e. The summed E-state index contributed by atoms with van der Waals surface area (Å²) in [5.41, 5.74) is 3.78. The molecule has 0 aliphatic rings. The van der Waals surface area contributed by atoms with Gasteiger partial charge in [-0.3, -0.25) is 0 Å². The lowest BCUT2D eigenvalue weighted by Gasteiger charge is -2.18. The summed E-state index contributed by atoms with van der Waals surface area (Å²) < 4.78 is 0. The van der Waals surface area contributed by atoms with E-state index in [4.69, 9.17) is 0 Å². The Kier molecular flexibility index (Phi) is 3.74. The molecule has 1 aromatic carbocycles. The number of aryl methyl sites for hydroxylation is 2. The molecule has 1 aromatic heterocycles. The quantitative estimate of drug-likeness (QED) is 0.931. The van der Waals surface area contributed by atoms with Gasteiger partial charge >= 0.3 is 5.97 Å². The first-order valence-electron chi connectivity index (χ1n) is 6.39. The predicted molar refractivity (Wildman–Crippen MR) is 80.4 cm³/mol. The molecule has 0 radical (unpaired) electrons. The van der Waals surface area contributed by atoms with Gasteiger partial charge in [-0.1, -0.05) is 29.8 Å². The molecule has 0 saturated heterocycles. The summed E-state index contributed by atoms with van der Waals surface area (Å²) in [5, 5.41) is 9.54. The molecule has 104 valence electrons. The first kappa shape index (κ1) is 14.1. The highest BCUT2D eigenvalue weighted by Gasteiger charge is 2.20. The Balaban J connectivity index is 2.74. The number of carbonyl (C=O) groups is 1. The van der Waals surface area contributed by atoms with E-state index >= 15 is 0 Å². The number of hydrogen-bond donors (Lipinski definition) is 1. The number of nitrogens with zero attached hydrogens (tertiary/aromatic N) is 2. The SMILES string of the molecule is Cc1ccc(-c2cc(C)nc(N(C)C)c2C(=O)O)cc1. The summed E-state index contributed by atoms with van der Waals surface area (Å²) in [7, 11) is 3.60. The van der Waals surface area contributed by atoms with Crippen LogP contribution in [0, 0.1) is 13.8 Å². The van der Waals surface area contributed by atoms with Gasteiger partial charge in [0.2, 0.25) is 0 Å². The summed E-state index contributed by atoms with van der Waals surface area (Å²) in [6.45, 7) is 3.88. The zero-order valence-electron chi connectivity index (χ0n) is 12.1. The Morgan fingerprint density at radius 3 is 2.25 bits per heavy atom. The lowest BCUT2D eigenvalue weighted by molar-refractivity contribution is 0.0698. The number of aromatic nitrogens is 1. The van der Waals surface area contributed by atoms with Crippen molar-refractivity contribution in [3.63, 3.8) is 0 Å². The number of benzene rings is 1. The topological polar surface area (TPSA) is 53.4 Å². The average molecular weight is 270 g/mol. The molecule has 1 heterocycles. The molecule has 4 nitrogen and oxygen atoms in total. The second kappa shape index (κ2) is 5.33. The second-order valence-corrected chi connectivity index (χ2v) is 5.08. The monoisotopic (exact) mass is 270 g/mol. The molecule has 4 heteroatoms. The van der Waals surface area contributed by atoms with Crippen LogP contribution in [0.15, 0.2) is 30.3 Å². The van der Waals surface area contributed by atoms with E-state index in [0.29, 0.717) is 11.4 Å². The zero-order valence-corrected chi connectivity index (χ0v) is 12.1. The summed E-state index contributed by atoms with van der Waals surface area (Å²) in [6.07, 6.45) is 0. The Hall–Kier alpha value is -2.36. The number of rotatable bonds is 3. The third kappa shape index (κ3) is 2.64. The molecular weight excluding hydrogens is 252 g/mol. The Bertz CT molecular complexity index is 646. The average Bonchev–Trinajstić information content (AvgIpc) is 2.38. The molecular formula is C16H18N2O2. The predicted octanol–water partition coefficient (Wildman–Crippen LogP) is 3.13. The molecule has 20 heavy (non-hydrogen) atoms. The van der Waals surface area contributed by atoms with Crippen LogP contribution >= 0.6 is 0 Å². The molecule has 0 unspecified atom stereocenters. The fraction of sp³-hybridized carbons (Fsp3) is 0.250. The molecule has 2 aromatic rings. The van der Waals surface area contributed by atoms with Gasteiger partial charge in [-0.25, -0.2) is 9.78 Å². The third-order valence-electron chi connectivity index (χ3n) is 3.13. The Labute approximate surface area is 118 Å². The molecule has 0 amide bonds. The number of aromatic carboxylic acids is 1. The lowest BCUT2D eigenvalue weighted by Crippen LogP contribution is -2.17. The van der Waals surface area contributed by atoms with Crippen LogP contribution in [0.25, 0.3) is 11.1 Å². The highest BCUT2D eigenvalue weighted by atomic mass is 16.4.